The predicted molar refractivity (Wildman–Crippen MR) is 108 cm³/mol. The van der Waals surface area contributed by atoms with Gasteiger partial charge in [-0.3, -0.25) is 4.79 Å². The van der Waals surface area contributed by atoms with Crippen LogP contribution in [0.3, 0.4) is 0 Å². The molecule has 3 heteroatoms. The number of hydrogen-bond donors (Lipinski definition) is 1. The fraction of sp³-hybridized carbons (Fsp3) is 0.125. The molecule has 0 saturated heterocycles. The van der Waals surface area contributed by atoms with E-state index < -0.39 is 0 Å². The summed E-state index contributed by atoms with van der Waals surface area (Å²) in [5.41, 5.74) is 3.19. The van der Waals surface area contributed by atoms with Gasteiger partial charge in [-0.15, -0.1) is 0 Å². The van der Waals surface area contributed by atoms with Crippen molar-refractivity contribution in [2.45, 2.75) is 6.42 Å². The molecule has 134 valence electrons. The van der Waals surface area contributed by atoms with Crippen LogP contribution < -0.4 is 10.1 Å². The normalized spacial score (nSPS) is 9.78. The highest BCUT2D eigenvalue weighted by molar-refractivity contribution is 5.77. The summed E-state index contributed by atoms with van der Waals surface area (Å²) in [7, 11) is 0. The highest BCUT2D eigenvalue weighted by Gasteiger charge is 2.06. The van der Waals surface area contributed by atoms with Crippen molar-refractivity contribution in [3.8, 4) is 17.6 Å². The molecule has 27 heavy (non-hydrogen) atoms. The van der Waals surface area contributed by atoms with Crippen LogP contribution in [0.1, 0.15) is 16.7 Å². The maximum Gasteiger partial charge on any atom is 0.258 e. The van der Waals surface area contributed by atoms with Gasteiger partial charge in [-0.05, 0) is 29.3 Å². The van der Waals surface area contributed by atoms with Crippen LogP contribution in [0.2, 0.25) is 0 Å². The second-order valence-corrected chi connectivity index (χ2v) is 6.00. The number of benzene rings is 3. The van der Waals surface area contributed by atoms with Gasteiger partial charge in [0.25, 0.3) is 5.91 Å². The largest absolute Gasteiger partial charge is 0.483 e. The van der Waals surface area contributed by atoms with Crippen LogP contribution in [0.5, 0.6) is 5.75 Å². The summed E-state index contributed by atoms with van der Waals surface area (Å²) in [6, 6.07) is 27.7. The summed E-state index contributed by atoms with van der Waals surface area (Å²) in [6.45, 7) is 0.265. The minimum Gasteiger partial charge on any atom is -0.483 e. The summed E-state index contributed by atoms with van der Waals surface area (Å²) >= 11 is 0. The zero-order chi connectivity index (χ0) is 18.7. The Morgan fingerprint density at radius 3 is 2.30 bits per heavy atom. The van der Waals surface area contributed by atoms with Crippen LogP contribution in [0.15, 0.2) is 84.9 Å². The molecule has 3 rings (SSSR count). The van der Waals surface area contributed by atoms with Crippen molar-refractivity contribution in [2.24, 2.45) is 0 Å². The summed E-state index contributed by atoms with van der Waals surface area (Å²) in [5.74, 6) is 6.48. The van der Waals surface area contributed by atoms with Crippen molar-refractivity contribution in [3.05, 3.63) is 102 Å². The first kappa shape index (κ1) is 18.3. The Bertz CT molecular complexity index is 925. The monoisotopic (exact) mass is 355 g/mol. The van der Waals surface area contributed by atoms with Crippen molar-refractivity contribution in [3.63, 3.8) is 0 Å². The molecule has 0 radical (unpaired) electrons. The number of amides is 1. The van der Waals surface area contributed by atoms with Crippen LogP contribution in [-0.2, 0) is 11.2 Å². The summed E-state index contributed by atoms with van der Waals surface area (Å²) < 4.78 is 5.73. The molecule has 0 saturated carbocycles. The lowest BCUT2D eigenvalue weighted by Crippen LogP contribution is -2.29. The molecule has 0 heterocycles. The van der Waals surface area contributed by atoms with Crippen LogP contribution in [0, 0.1) is 11.8 Å². The zero-order valence-corrected chi connectivity index (χ0v) is 15.0. The van der Waals surface area contributed by atoms with Gasteiger partial charge in [0.15, 0.2) is 6.61 Å². The second-order valence-electron chi connectivity index (χ2n) is 6.00. The molecule has 0 spiro atoms. The average Bonchev–Trinajstić information content (AvgIpc) is 2.72. The van der Waals surface area contributed by atoms with E-state index >= 15 is 0 Å². The van der Waals surface area contributed by atoms with Crippen LogP contribution in [0.25, 0.3) is 0 Å². The zero-order valence-electron chi connectivity index (χ0n) is 15.0. The molecular weight excluding hydrogens is 334 g/mol. The van der Waals surface area contributed by atoms with Gasteiger partial charge in [0, 0.05) is 12.0 Å². The third kappa shape index (κ3) is 6.05. The first-order valence-corrected chi connectivity index (χ1v) is 8.86. The van der Waals surface area contributed by atoms with Crippen LogP contribution in [-0.4, -0.2) is 19.1 Å². The Hall–Kier alpha value is -3.51. The number of hydrogen-bond acceptors (Lipinski definition) is 2. The lowest BCUT2D eigenvalue weighted by atomic mass is 10.0. The smallest absolute Gasteiger partial charge is 0.258 e. The highest BCUT2D eigenvalue weighted by Crippen LogP contribution is 2.21. The van der Waals surface area contributed by atoms with Gasteiger partial charge < -0.3 is 10.1 Å². The predicted octanol–water partition coefficient (Wildman–Crippen LogP) is 3.82. The maximum atomic E-state index is 12.0. The summed E-state index contributed by atoms with van der Waals surface area (Å²) in [4.78, 5) is 12.0. The minimum atomic E-state index is -0.188. The third-order valence-electron chi connectivity index (χ3n) is 3.95. The molecule has 0 atom stereocenters. The van der Waals surface area contributed by atoms with Gasteiger partial charge in [0.1, 0.15) is 5.75 Å². The molecule has 0 aliphatic carbocycles. The van der Waals surface area contributed by atoms with Crippen molar-refractivity contribution < 1.29 is 9.53 Å². The fourth-order valence-electron chi connectivity index (χ4n) is 2.61. The maximum absolute atomic E-state index is 12.0. The molecule has 1 amide bonds. The molecule has 1 N–H and O–H groups in total. The van der Waals surface area contributed by atoms with Crippen molar-refractivity contribution in [1.29, 1.82) is 0 Å². The number of para-hydroxylation sites is 1. The number of carbonyl (C=O) groups excluding carboxylic acids is 1. The van der Waals surface area contributed by atoms with E-state index in [9.17, 15) is 4.79 Å². The van der Waals surface area contributed by atoms with Gasteiger partial charge in [-0.1, -0.05) is 78.6 Å². The summed E-state index contributed by atoms with van der Waals surface area (Å²) in [5, 5.41) is 2.75. The molecule has 0 aliphatic rings. The Labute approximate surface area is 160 Å². The van der Waals surface area contributed by atoms with E-state index in [1.54, 1.807) is 0 Å². The molecule has 0 bridgehead atoms. The lowest BCUT2D eigenvalue weighted by molar-refractivity contribution is -0.122. The second kappa shape index (κ2) is 9.84. The molecule has 0 fully saturated rings. The molecule has 0 aliphatic heterocycles. The number of nitrogens with one attached hydrogen (secondary N) is 1. The van der Waals surface area contributed by atoms with Crippen LogP contribution in [0.4, 0.5) is 0 Å². The van der Waals surface area contributed by atoms with E-state index in [4.69, 9.17) is 4.74 Å². The van der Waals surface area contributed by atoms with Gasteiger partial charge in [-0.25, -0.2) is 0 Å². The number of carbonyl (C=O) groups is 1. The average molecular weight is 355 g/mol. The SMILES string of the molecule is O=C(COc1ccccc1Cc1ccccc1)NCC#Cc1ccccc1. The molecular formula is C24H21NO2. The Kier molecular flexibility index (Phi) is 6.66. The van der Waals surface area contributed by atoms with Crippen LogP contribution >= 0.6 is 0 Å². The van der Waals surface area contributed by atoms with E-state index in [2.05, 4.69) is 29.3 Å². The topological polar surface area (TPSA) is 38.3 Å². The molecule has 0 aromatic heterocycles. The quantitative estimate of drug-likeness (QED) is 0.683. The highest BCUT2D eigenvalue weighted by atomic mass is 16.5. The van der Waals surface area contributed by atoms with Gasteiger partial charge in [0.05, 0.1) is 6.54 Å². The van der Waals surface area contributed by atoms with Crippen molar-refractivity contribution in [1.82, 2.24) is 5.32 Å². The summed E-state index contributed by atoms with van der Waals surface area (Å²) in [6.07, 6.45) is 0.765. The van der Waals surface area contributed by atoms with Gasteiger partial charge in [-0.2, -0.15) is 0 Å². The molecule has 3 nitrogen and oxygen atoms in total. The Morgan fingerprint density at radius 2 is 1.52 bits per heavy atom. The first-order valence-electron chi connectivity index (χ1n) is 8.86. The molecule has 0 unspecified atom stereocenters. The Morgan fingerprint density at radius 1 is 0.852 bits per heavy atom. The lowest BCUT2D eigenvalue weighted by Gasteiger charge is -2.11. The Balaban J connectivity index is 1.50. The molecule has 3 aromatic carbocycles. The van der Waals surface area contributed by atoms with E-state index in [0.717, 1.165) is 23.3 Å². The fourth-order valence-corrected chi connectivity index (χ4v) is 2.61. The van der Waals surface area contributed by atoms with Crippen molar-refractivity contribution >= 4 is 5.91 Å². The van der Waals surface area contributed by atoms with E-state index in [0.29, 0.717) is 6.54 Å². The molecule has 3 aromatic rings. The number of rotatable bonds is 6. The van der Waals surface area contributed by atoms with Gasteiger partial charge >= 0.3 is 0 Å². The third-order valence-corrected chi connectivity index (χ3v) is 3.95. The van der Waals surface area contributed by atoms with E-state index in [1.807, 2.05) is 72.8 Å². The standard InChI is InChI=1S/C24H21NO2/c26-24(25-17-9-14-20-10-3-1-4-11-20)19-27-23-16-8-7-15-22(23)18-21-12-5-2-6-13-21/h1-8,10-13,15-16H,17-19H2,(H,25,26). The van der Waals surface area contributed by atoms with Crippen molar-refractivity contribution in [2.75, 3.05) is 13.2 Å². The first-order chi connectivity index (χ1) is 13.3. The van der Waals surface area contributed by atoms with E-state index in [1.165, 1.54) is 5.56 Å². The number of ether oxygens (including phenoxy) is 1. The van der Waals surface area contributed by atoms with Gasteiger partial charge in [0.2, 0.25) is 0 Å². The van der Waals surface area contributed by atoms with E-state index in [-0.39, 0.29) is 12.5 Å². The minimum absolute atomic E-state index is 0.0289.